The molecule has 0 saturated carbocycles. The Hall–Kier alpha value is -1.02. The fraction of sp³-hybridized carbons (Fsp3) is 0.286. The SMILES string of the molecule is NCc1[nH]c(=O)cc(OC(F)(F)F)c1Br. The molecule has 1 aromatic rings. The summed E-state index contributed by atoms with van der Waals surface area (Å²) in [5.74, 6) is -0.605. The van der Waals surface area contributed by atoms with Gasteiger partial charge in [0.25, 0.3) is 5.56 Å². The molecule has 0 unspecified atom stereocenters. The number of aromatic amines is 1. The van der Waals surface area contributed by atoms with Crippen LogP contribution in [0.4, 0.5) is 13.2 Å². The number of hydrogen-bond acceptors (Lipinski definition) is 3. The number of aromatic nitrogens is 1. The van der Waals surface area contributed by atoms with Crippen molar-refractivity contribution in [2.45, 2.75) is 12.9 Å². The summed E-state index contributed by atoms with van der Waals surface area (Å²) >= 11 is 2.85. The molecule has 0 aromatic carbocycles. The first-order valence-electron chi connectivity index (χ1n) is 3.71. The summed E-state index contributed by atoms with van der Waals surface area (Å²) in [6, 6.07) is 0.691. The van der Waals surface area contributed by atoms with Gasteiger partial charge < -0.3 is 15.5 Å². The van der Waals surface area contributed by atoms with Crippen LogP contribution in [0.5, 0.6) is 5.75 Å². The number of H-pyrrole nitrogens is 1. The summed E-state index contributed by atoms with van der Waals surface area (Å²) in [6.07, 6.45) is -4.85. The molecule has 1 heterocycles. The zero-order chi connectivity index (χ0) is 11.6. The Morgan fingerprint density at radius 2 is 2.13 bits per heavy atom. The summed E-state index contributed by atoms with van der Waals surface area (Å²) in [5, 5.41) is 0. The maximum absolute atomic E-state index is 11.9. The predicted molar refractivity (Wildman–Crippen MR) is 49.3 cm³/mol. The number of pyridine rings is 1. The van der Waals surface area contributed by atoms with Crippen molar-refractivity contribution in [3.8, 4) is 5.75 Å². The third-order valence-corrected chi connectivity index (χ3v) is 2.32. The number of nitrogens with one attached hydrogen (secondary N) is 1. The number of alkyl halides is 3. The summed E-state index contributed by atoms with van der Waals surface area (Å²) < 4.78 is 39.3. The van der Waals surface area contributed by atoms with Gasteiger partial charge in [0.2, 0.25) is 0 Å². The van der Waals surface area contributed by atoms with Crippen LogP contribution in [0, 0.1) is 0 Å². The van der Waals surface area contributed by atoms with Crippen molar-refractivity contribution >= 4 is 15.9 Å². The van der Waals surface area contributed by atoms with Gasteiger partial charge >= 0.3 is 6.36 Å². The van der Waals surface area contributed by atoms with Crippen molar-refractivity contribution in [2.75, 3.05) is 0 Å². The molecule has 1 rings (SSSR count). The highest BCUT2D eigenvalue weighted by Gasteiger charge is 2.32. The summed E-state index contributed by atoms with van der Waals surface area (Å²) in [4.78, 5) is 13.2. The van der Waals surface area contributed by atoms with E-state index < -0.39 is 17.7 Å². The molecule has 0 amide bonds. The average molecular weight is 287 g/mol. The molecule has 0 aliphatic rings. The number of halogens is 4. The normalized spacial score (nSPS) is 11.5. The molecular weight excluding hydrogens is 281 g/mol. The lowest BCUT2D eigenvalue weighted by Gasteiger charge is -2.11. The monoisotopic (exact) mass is 286 g/mol. The van der Waals surface area contributed by atoms with Crippen LogP contribution in [0.15, 0.2) is 15.3 Å². The molecule has 15 heavy (non-hydrogen) atoms. The first-order valence-corrected chi connectivity index (χ1v) is 4.50. The van der Waals surface area contributed by atoms with Gasteiger partial charge in [-0.25, -0.2) is 0 Å². The lowest BCUT2D eigenvalue weighted by atomic mass is 10.3. The molecule has 0 aliphatic carbocycles. The smallest absolute Gasteiger partial charge is 0.404 e. The van der Waals surface area contributed by atoms with Gasteiger partial charge in [0.15, 0.2) is 5.75 Å². The zero-order valence-electron chi connectivity index (χ0n) is 7.19. The number of rotatable bonds is 2. The van der Waals surface area contributed by atoms with Gasteiger partial charge in [0.05, 0.1) is 4.47 Å². The molecule has 0 radical (unpaired) electrons. The minimum absolute atomic E-state index is 0.0121. The van der Waals surface area contributed by atoms with Crippen LogP contribution in [0.1, 0.15) is 5.69 Å². The van der Waals surface area contributed by atoms with E-state index in [4.69, 9.17) is 5.73 Å². The molecule has 4 nitrogen and oxygen atoms in total. The standard InChI is InChI=1S/C7H6BrF3N2O2/c8-6-3(2-12)13-5(14)1-4(6)15-7(9,10)11/h1H,2,12H2,(H,13,14). The molecule has 84 valence electrons. The maximum Gasteiger partial charge on any atom is 0.573 e. The topological polar surface area (TPSA) is 68.1 Å². The molecule has 1 aromatic heterocycles. The second-order valence-corrected chi connectivity index (χ2v) is 3.34. The van der Waals surface area contributed by atoms with Crippen molar-refractivity contribution in [1.29, 1.82) is 0 Å². The quantitative estimate of drug-likeness (QED) is 0.866. The van der Waals surface area contributed by atoms with Gasteiger partial charge in [-0.1, -0.05) is 0 Å². The molecule has 0 spiro atoms. The van der Waals surface area contributed by atoms with E-state index in [9.17, 15) is 18.0 Å². The van der Waals surface area contributed by atoms with E-state index in [0.29, 0.717) is 6.07 Å². The third kappa shape index (κ3) is 3.24. The first-order chi connectivity index (χ1) is 6.83. The van der Waals surface area contributed by atoms with Crippen LogP contribution in [0.25, 0.3) is 0 Å². The van der Waals surface area contributed by atoms with Gasteiger partial charge in [-0.3, -0.25) is 4.79 Å². The van der Waals surface area contributed by atoms with Crippen molar-refractivity contribution in [2.24, 2.45) is 5.73 Å². The molecule has 0 atom stereocenters. The highest BCUT2D eigenvalue weighted by Crippen LogP contribution is 2.30. The van der Waals surface area contributed by atoms with Crippen molar-refractivity contribution < 1.29 is 17.9 Å². The summed E-state index contributed by atoms with van der Waals surface area (Å²) in [5.41, 5.74) is 4.65. The molecule has 3 N–H and O–H groups in total. The Kier molecular flexibility index (Phi) is 3.40. The Balaban J connectivity index is 3.18. The van der Waals surface area contributed by atoms with Gasteiger partial charge in [-0.15, -0.1) is 13.2 Å². The van der Waals surface area contributed by atoms with E-state index >= 15 is 0 Å². The number of nitrogens with two attached hydrogens (primary N) is 1. The molecule has 8 heteroatoms. The fourth-order valence-corrected chi connectivity index (χ4v) is 1.37. The largest absolute Gasteiger partial charge is 0.573 e. The lowest BCUT2D eigenvalue weighted by molar-refractivity contribution is -0.275. The molecule has 0 bridgehead atoms. The van der Waals surface area contributed by atoms with E-state index in [2.05, 4.69) is 25.7 Å². The van der Waals surface area contributed by atoms with Crippen molar-refractivity contribution in [3.63, 3.8) is 0 Å². The van der Waals surface area contributed by atoms with Crippen LogP contribution in [0.2, 0.25) is 0 Å². The second-order valence-electron chi connectivity index (χ2n) is 2.54. The van der Waals surface area contributed by atoms with Crippen LogP contribution >= 0.6 is 15.9 Å². The minimum atomic E-state index is -4.85. The van der Waals surface area contributed by atoms with Gasteiger partial charge in [0.1, 0.15) is 0 Å². The summed E-state index contributed by atoms with van der Waals surface area (Å²) in [6.45, 7) is -0.106. The Bertz CT molecular complexity index is 416. The van der Waals surface area contributed by atoms with E-state index in [1.807, 2.05) is 0 Å². The molecule has 0 aliphatic heterocycles. The molecule has 0 saturated heterocycles. The van der Waals surface area contributed by atoms with Crippen LogP contribution in [0.3, 0.4) is 0 Å². The number of hydrogen-bond donors (Lipinski definition) is 2. The first kappa shape index (κ1) is 12.1. The fourth-order valence-electron chi connectivity index (χ4n) is 0.910. The number of ether oxygens (including phenoxy) is 1. The Morgan fingerprint density at radius 1 is 1.53 bits per heavy atom. The van der Waals surface area contributed by atoms with Crippen LogP contribution in [-0.4, -0.2) is 11.3 Å². The lowest BCUT2D eigenvalue weighted by Crippen LogP contribution is -2.20. The minimum Gasteiger partial charge on any atom is -0.404 e. The second kappa shape index (κ2) is 4.23. The van der Waals surface area contributed by atoms with E-state index in [-0.39, 0.29) is 16.7 Å². The van der Waals surface area contributed by atoms with Crippen LogP contribution in [-0.2, 0) is 6.54 Å². The average Bonchev–Trinajstić information content (AvgIpc) is 2.08. The van der Waals surface area contributed by atoms with Gasteiger partial charge in [-0.2, -0.15) is 0 Å². The van der Waals surface area contributed by atoms with E-state index in [0.717, 1.165) is 0 Å². The molecular formula is C7H6BrF3N2O2. The predicted octanol–water partition coefficient (Wildman–Crippen LogP) is 1.49. The molecule has 0 fully saturated rings. The van der Waals surface area contributed by atoms with E-state index in [1.54, 1.807) is 0 Å². The van der Waals surface area contributed by atoms with Crippen molar-refractivity contribution in [3.05, 3.63) is 26.6 Å². The van der Waals surface area contributed by atoms with Crippen LogP contribution < -0.4 is 16.0 Å². The zero-order valence-corrected chi connectivity index (χ0v) is 8.78. The summed E-state index contributed by atoms with van der Waals surface area (Å²) in [7, 11) is 0. The van der Waals surface area contributed by atoms with E-state index in [1.165, 1.54) is 0 Å². The highest BCUT2D eigenvalue weighted by atomic mass is 79.9. The van der Waals surface area contributed by atoms with Crippen molar-refractivity contribution in [1.82, 2.24) is 4.98 Å². The van der Waals surface area contributed by atoms with Gasteiger partial charge in [-0.05, 0) is 15.9 Å². The Labute approximate surface area is 90.4 Å². The third-order valence-electron chi connectivity index (χ3n) is 1.45. The maximum atomic E-state index is 11.9. The van der Waals surface area contributed by atoms with Gasteiger partial charge in [0, 0.05) is 18.3 Å². The Morgan fingerprint density at radius 3 is 2.60 bits per heavy atom. The highest BCUT2D eigenvalue weighted by molar-refractivity contribution is 9.10.